The van der Waals surface area contributed by atoms with Gasteiger partial charge in [-0.3, -0.25) is 0 Å². The summed E-state index contributed by atoms with van der Waals surface area (Å²) in [6.45, 7) is 1.87. The maximum Gasteiger partial charge on any atom is 0.0474 e. The fourth-order valence-electron chi connectivity index (χ4n) is 2.76. The van der Waals surface area contributed by atoms with Crippen LogP contribution in [0.15, 0.2) is 22.7 Å². The van der Waals surface area contributed by atoms with Crippen LogP contribution in [0, 0.1) is 0 Å². The van der Waals surface area contributed by atoms with Gasteiger partial charge in [-0.05, 0) is 42.5 Å². The highest BCUT2D eigenvalue weighted by molar-refractivity contribution is 9.10. The number of benzene rings is 1. The Labute approximate surface area is 92.6 Å². The van der Waals surface area contributed by atoms with Gasteiger partial charge in [-0.25, -0.2) is 0 Å². The topological polar surface area (TPSA) is 9.23 Å². The van der Waals surface area contributed by atoms with Crippen LogP contribution in [0.3, 0.4) is 0 Å². The first-order valence-electron chi connectivity index (χ1n) is 5.17. The Balaban J connectivity index is 1.99. The van der Waals surface area contributed by atoms with Crippen LogP contribution in [0.4, 0.5) is 0 Å². The van der Waals surface area contributed by atoms with Gasteiger partial charge in [0.25, 0.3) is 0 Å². The third kappa shape index (κ3) is 1.17. The molecule has 3 rings (SSSR count). The summed E-state index contributed by atoms with van der Waals surface area (Å²) >= 11 is 3.55. The Kier molecular flexibility index (Phi) is 1.96. The lowest BCUT2D eigenvalue weighted by molar-refractivity contribution is 0.0415. The molecule has 14 heavy (non-hydrogen) atoms. The molecule has 1 spiro atoms. The van der Waals surface area contributed by atoms with Crippen molar-refractivity contribution < 1.29 is 4.74 Å². The van der Waals surface area contributed by atoms with E-state index in [0.717, 1.165) is 13.2 Å². The van der Waals surface area contributed by atoms with Gasteiger partial charge < -0.3 is 4.74 Å². The van der Waals surface area contributed by atoms with Gasteiger partial charge in [-0.1, -0.05) is 22.0 Å². The first kappa shape index (κ1) is 8.93. The zero-order valence-corrected chi connectivity index (χ0v) is 9.64. The minimum atomic E-state index is 0.470. The first-order chi connectivity index (χ1) is 6.80. The van der Waals surface area contributed by atoms with Crippen LogP contribution in [0.5, 0.6) is 0 Å². The second-order valence-corrected chi connectivity index (χ2v) is 5.29. The molecule has 1 saturated heterocycles. The van der Waals surface area contributed by atoms with Crippen LogP contribution in [0.1, 0.15) is 24.0 Å². The van der Waals surface area contributed by atoms with E-state index in [9.17, 15) is 0 Å². The molecule has 1 aliphatic heterocycles. The molecule has 2 heteroatoms. The molecule has 0 atom stereocenters. The summed E-state index contributed by atoms with van der Waals surface area (Å²) in [5.74, 6) is 0. The summed E-state index contributed by atoms with van der Waals surface area (Å²) in [5, 5.41) is 0. The van der Waals surface area contributed by atoms with Crippen LogP contribution in [0.25, 0.3) is 0 Å². The van der Waals surface area contributed by atoms with Crippen LogP contribution in [0.2, 0.25) is 0 Å². The molecular weight excluding hydrogens is 240 g/mol. The maximum atomic E-state index is 5.43. The second-order valence-electron chi connectivity index (χ2n) is 4.37. The summed E-state index contributed by atoms with van der Waals surface area (Å²) in [6, 6.07) is 6.69. The predicted molar refractivity (Wildman–Crippen MR) is 59.6 cm³/mol. The second kappa shape index (κ2) is 3.07. The van der Waals surface area contributed by atoms with Crippen LogP contribution >= 0.6 is 15.9 Å². The standard InChI is InChI=1S/C12H13BrO/c13-10-2-1-9-8-12(11(9)7-10)3-5-14-6-4-12/h1-2,7H,3-6,8H2. The van der Waals surface area contributed by atoms with E-state index in [-0.39, 0.29) is 0 Å². The Bertz CT molecular complexity index is 367. The van der Waals surface area contributed by atoms with E-state index < -0.39 is 0 Å². The summed E-state index contributed by atoms with van der Waals surface area (Å²) < 4.78 is 6.64. The average Bonchev–Trinajstić information content (AvgIpc) is 2.22. The van der Waals surface area contributed by atoms with Crippen LogP contribution < -0.4 is 0 Å². The summed E-state index contributed by atoms with van der Waals surface area (Å²) in [4.78, 5) is 0. The number of rotatable bonds is 0. The van der Waals surface area contributed by atoms with Crippen molar-refractivity contribution >= 4 is 15.9 Å². The Morgan fingerprint density at radius 1 is 1.21 bits per heavy atom. The molecule has 1 aliphatic carbocycles. The third-order valence-corrected chi connectivity index (χ3v) is 4.12. The Morgan fingerprint density at radius 2 is 2.00 bits per heavy atom. The summed E-state index contributed by atoms with van der Waals surface area (Å²) in [7, 11) is 0. The highest BCUT2D eigenvalue weighted by Gasteiger charge is 2.43. The molecule has 0 amide bonds. The van der Waals surface area contributed by atoms with Gasteiger partial charge in [0.2, 0.25) is 0 Å². The highest BCUT2D eigenvalue weighted by atomic mass is 79.9. The number of hydrogen-bond donors (Lipinski definition) is 0. The molecule has 0 unspecified atom stereocenters. The smallest absolute Gasteiger partial charge is 0.0474 e. The van der Waals surface area contributed by atoms with Crippen molar-refractivity contribution in [3.05, 3.63) is 33.8 Å². The van der Waals surface area contributed by atoms with E-state index in [2.05, 4.69) is 34.1 Å². The molecule has 1 fully saturated rings. The molecule has 0 bridgehead atoms. The fourth-order valence-corrected chi connectivity index (χ4v) is 3.12. The van der Waals surface area contributed by atoms with Crippen molar-refractivity contribution in [3.8, 4) is 0 Å². The molecule has 0 radical (unpaired) electrons. The molecular formula is C12H13BrO. The molecule has 1 aromatic carbocycles. The summed E-state index contributed by atoms with van der Waals surface area (Å²) in [5.41, 5.74) is 3.57. The largest absolute Gasteiger partial charge is 0.381 e. The van der Waals surface area contributed by atoms with E-state index >= 15 is 0 Å². The predicted octanol–water partition coefficient (Wildman–Crippen LogP) is 3.05. The molecule has 74 valence electrons. The van der Waals surface area contributed by atoms with Crippen molar-refractivity contribution in [2.75, 3.05) is 13.2 Å². The normalized spacial score (nSPS) is 22.9. The number of hydrogen-bond acceptors (Lipinski definition) is 1. The minimum absolute atomic E-state index is 0.470. The molecule has 2 aliphatic rings. The van der Waals surface area contributed by atoms with Crippen LogP contribution in [-0.4, -0.2) is 13.2 Å². The number of halogens is 1. The Morgan fingerprint density at radius 3 is 2.79 bits per heavy atom. The maximum absolute atomic E-state index is 5.43. The SMILES string of the molecule is Brc1ccc2c(c1)C1(CCOCC1)C2. The lowest BCUT2D eigenvalue weighted by atomic mass is 9.60. The molecule has 0 aromatic heterocycles. The molecule has 0 saturated carbocycles. The van der Waals surface area contributed by atoms with Gasteiger partial charge >= 0.3 is 0 Å². The van der Waals surface area contributed by atoms with E-state index in [1.54, 1.807) is 5.56 Å². The van der Waals surface area contributed by atoms with Gasteiger partial charge in [-0.2, -0.15) is 0 Å². The van der Waals surface area contributed by atoms with Gasteiger partial charge in [0.05, 0.1) is 0 Å². The lowest BCUT2D eigenvalue weighted by Crippen LogP contribution is -2.43. The monoisotopic (exact) mass is 252 g/mol. The van der Waals surface area contributed by atoms with E-state index in [1.165, 1.54) is 29.3 Å². The van der Waals surface area contributed by atoms with E-state index in [0.29, 0.717) is 5.41 Å². The lowest BCUT2D eigenvalue weighted by Gasteiger charge is -2.46. The molecule has 0 N–H and O–H groups in total. The summed E-state index contributed by atoms with van der Waals surface area (Å²) in [6.07, 6.45) is 3.67. The van der Waals surface area contributed by atoms with Crippen LogP contribution in [-0.2, 0) is 16.6 Å². The average molecular weight is 253 g/mol. The van der Waals surface area contributed by atoms with Gasteiger partial charge in [-0.15, -0.1) is 0 Å². The fraction of sp³-hybridized carbons (Fsp3) is 0.500. The first-order valence-corrected chi connectivity index (χ1v) is 5.96. The zero-order valence-electron chi connectivity index (χ0n) is 8.05. The highest BCUT2D eigenvalue weighted by Crippen LogP contribution is 2.48. The van der Waals surface area contributed by atoms with Crippen molar-refractivity contribution in [1.29, 1.82) is 0 Å². The van der Waals surface area contributed by atoms with E-state index in [1.807, 2.05) is 0 Å². The Hall–Kier alpha value is -0.340. The van der Waals surface area contributed by atoms with Gasteiger partial charge in [0.1, 0.15) is 0 Å². The van der Waals surface area contributed by atoms with E-state index in [4.69, 9.17) is 4.74 Å². The quantitative estimate of drug-likeness (QED) is 0.690. The third-order valence-electron chi connectivity index (χ3n) is 3.62. The van der Waals surface area contributed by atoms with Gasteiger partial charge in [0, 0.05) is 23.1 Å². The molecule has 1 heterocycles. The minimum Gasteiger partial charge on any atom is -0.381 e. The van der Waals surface area contributed by atoms with Crippen molar-refractivity contribution in [3.63, 3.8) is 0 Å². The number of fused-ring (bicyclic) bond motifs is 2. The molecule has 1 aromatic rings. The van der Waals surface area contributed by atoms with Crippen molar-refractivity contribution in [2.24, 2.45) is 0 Å². The molecule has 1 nitrogen and oxygen atoms in total. The number of ether oxygens (including phenoxy) is 1. The van der Waals surface area contributed by atoms with Crippen molar-refractivity contribution in [2.45, 2.75) is 24.7 Å². The van der Waals surface area contributed by atoms with Crippen molar-refractivity contribution in [1.82, 2.24) is 0 Å². The zero-order chi connectivity index (χ0) is 9.60. The van der Waals surface area contributed by atoms with Gasteiger partial charge in [0.15, 0.2) is 0 Å².